The van der Waals surface area contributed by atoms with Gasteiger partial charge in [0.05, 0.1) is 28.3 Å². The molecule has 0 aliphatic carbocycles. The summed E-state index contributed by atoms with van der Waals surface area (Å²) in [7, 11) is 0. The molecule has 1 amide bonds. The Morgan fingerprint density at radius 1 is 1.00 bits per heavy atom. The molecular weight excluding hydrogens is 461 g/mol. The second kappa shape index (κ2) is 9.30. The Kier molecular flexibility index (Phi) is 6.45. The summed E-state index contributed by atoms with van der Waals surface area (Å²) in [5, 5.41) is 11.8. The van der Waals surface area contributed by atoms with E-state index in [0.717, 1.165) is 5.56 Å². The molecule has 1 unspecified atom stereocenters. The van der Waals surface area contributed by atoms with Gasteiger partial charge < -0.3 is 9.84 Å². The molecular formula is C26H21Cl2NO4. The molecule has 1 saturated heterocycles. The summed E-state index contributed by atoms with van der Waals surface area (Å²) in [6.07, 6.45) is 0. The highest BCUT2D eigenvalue weighted by Crippen LogP contribution is 2.43. The first-order valence-electron chi connectivity index (χ1n) is 10.4. The Labute approximate surface area is 201 Å². The van der Waals surface area contributed by atoms with E-state index in [-0.39, 0.29) is 16.4 Å². The number of amides is 1. The minimum Gasteiger partial charge on any atom is -0.507 e. The van der Waals surface area contributed by atoms with E-state index in [1.165, 1.54) is 4.90 Å². The number of Topliss-reactive ketones (excluding diaryl/α,β-unsaturated/α-hetero) is 1. The van der Waals surface area contributed by atoms with Crippen LogP contribution in [0.5, 0.6) is 5.75 Å². The van der Waals surface area contributed by atoms with Crippen molar-refractivity contribution >= 4 is 46.3 Å². The van der Waals surface area contributed by atoms with Crippen LogP contribution >= 0.6 is 23.2 Å². The Bertz CT molecular complexity index is 1270. The van der Waals surface area contributed by atoms with Crippen molar-refractivity contribution in [2.45, 2.75) is 19.9 Å². The van der Waals surface area contributed by atoms with E-state index < -0.39 is 17.7 Å². The first kappa shape index (κ1) is 22.9. The number of carbonyl (C=O) groups is 2. The third-order valence-electron chi connectivity index (χ3n) is 5.42. The molecule has 1 aliphatic heterocycles. The molecule has 0 bridgehead atoms. The number of aliphatic hydroxyl groups excluding tert-OH is 1. The number of ketones is 1. The largest absolute Gasteiger partial charge is 0.507 e. The van der Waals surface area contributed by atoms with Gasteiger partial charge in [-0.2, -0.15) is 0 Å². The van der Waals surface area contributed by atoms with Crippen molar-refractivity contribution in [1.29, 1.82) is 0 Å². The van der Waals surface area contributed by atoms with Crippen molar-refractivity contribution in [2.75, 3.05) is 11.5 Å². The minimum absolute atomic E-state index is 0.0240. The highest BCUT2D eigenvalue weighted by Gasteiger charge is 2.47. The van der Waals surface area contributed by atoms with Crippen molar-refractivity contribution in [3.05, 3.63) is 99.0 Å². The molecule has 1 atom stereocenters. The Morgan fingerprint density at radius 2 is 1.73 bits per heavy atom. The number of halogens is 2. The lowest BCUT2D eigenvalue weighted by atomic mass is 9.95. The summed E-state index contributed by atoms with van der Waals surface area (Å²) >= 11 is 12.4. The number of rotatable bonds is 5. The van der Waals surface area contributed by atoms with E-state index in [1.807, 2.05) is 32.0 Å². The summed E-state index contributed by atoms with van der Waals surface area (Å²) in [4.78, 5) is 27.8. The quantitative estimate of drug-likeness (QED) is 0.262. The number of aryl methyl sites for hydroxylation is 1. The molecule has 0 saturated carbocycles. The third kappa shape index (κ3) is 4.34. The van der Waals surface area contributed by atoms with E-state index in [1.54, 1.807) is 48.5 Å². The van der Waals surface area contributed by atoms with Crippen LogP contribution in [0, 0.1) is 6.92 Å². The van der Waals surface area contributed by atoms with E-state index in [9.17, 15) is 14.7 Å². The molecule has 1 fully saturated rings. The van der Waals surface area contributed by atoms with Crippen LogP contribution in [0.3, 0.4) is 0 Å². The predicted octanol–water partition coefficient (Wildman–Crippen LogP) is 6.33. The van der Waals surface area contributed by atoms with Crippen molar-refractivity contribution in [1.82, 2.24) is 0 Å². The molecule has 33 heavy (non-hydrogen) atoms. The second-order valence-electron chi connectivity index (χ2n) is 7.64. The van der Waals surface area contributed by atoms with Gasteiger partial charge in [-0.3, -0.25) is 14.5 Å². The van der Waals surface area contributed by atoms with Gasteiger partial charge in [-0.1, -0.05) is 41.4 Å². The first-order chi connectivity index (χ1) is 15.8. The van der Waals surface area contributed by atoms with Crippen molar-refractivity contribution in [3.63, 3.8) is 0 Å². The molecule has 4 rings (SSSR count). The van der Waals surface area contributed by atoms with Crippen LogP contribution in [0.15, 0.2) is 72.3 Å². The molecule has 1 N–H and O–H groups in total. The number of nitrogens with zero attached hydrogens (tertiary/aromatic N) is 1. The molecule has 0 spiro atoms. The molecule has 168 valence electrons. The summed E-state index contributed by atoms with van der Waals surface area (Å²) in [5.74, 6) is -1.15. The van der Waals surface area contributed by atoms with Gasteiger partial charge in [0.1, 0.15) is 11.5 Å². The summed E-state index contributed by atoms with van der Waals surface area (Å²) in [6, 6.07) is 18.0. The standard InChI is InChI=1S/C26H21Cl2NO4/c1-3-33-19-10-7-16(8-11-19)24(30)22-23(17-9-12-20(27)21(28)14-17)29(26(32)25(22)31)18-6-4-5-15(2)13-18/h4-14,23,30H,3H2,1-2H3/b24-22-. The van der Waals surface area contributed by atoms with Crippen LogP contribution in [-0.2, 0) is 9.59 Å². The van der Waals surface area contributed by atoms with Gasteiger partial charge in [0.25, 0.3) is 11.7 Å². The van der Waals surface area contributed by atoms with E-state index in [2.05, 4.69) is 0 Å². The molecule has 7 heteroatoms. The van der Waals surface area contributed by atoms with Gasteiger partial charge in [0.15, 0.2) is 0 Å². The van der Waals surface area contributed by atoms with Gasteiger partial charge in [0.2, 0.25) is 0 Å². The van der Waals surface area contributed by atoms with Crippen LogP contribution < -0.4 is 9.64 Å². The molecule has 1 heterocycles. The van der Waals surface area contributed by atoms with Gasteiger partial charge >= 0.3 is 0 Å². The Balaban J connectivity index is 1.91. The lowest BCUT2D eigenvalue weighted by molar-refractivity contribution is -0.132. The van der Waals surface area contributed by atoms with Gasteiger partial charge in [-0.05, 0) is 73.5 Å². The zero-order chi connectivity index (χ0) is 23.7. The topological polar surface area (TPSA) is 66.8 Å². The lowest BCUT2D eigenvalue weighted by Gasteiger charge is -2.26. The van der Waals surface area contributed by atoms with Gasteiger partial charge in [-0.15, -0.1) is 0 Å². The highest BCUT2D eigenvalue weighted by atomic mass is 35.5. The van der Waals surface area contributed by atoms with Gasteiger partial charge in [0, 0.05) is 11.3 Å². The normalized spacial score (nSPS) is 17.5. The van der Waals surface area contributed by atoms with E-state index in [4.69, 9.17) is 27.9 Å². The fourth-order valence-electron chi connectivity index (χ4n) is 3.91. The first-order valence-corrected chi connectivity index (χ1v) is 11.1. The van der Waals surface area contributed by atoms with E-state index in [0.29, 0.717) is 34.2 Å². The molecule has 3 aromatic carbocycles. The second-order valence-corrected chi connectivity index (χ2v) is 8.45. The van der Waals surface area contributed by atoms with Crippen LogP contribution in [0.2, 0.25) is 10.0 Å². The Hall–Kier alpha value is -3.28. The maximum atomic E-state index is 13.2. The van der Waals surface area contributed by atoms with Crippen LogP contribution in [0.4, 0.5) is 5.69 Å². The number of aliphatic hydroxyl groups is 1. The van der Waals surface area contributed by atoms with Crippen molar-refractivity contribution < 1.29 is 19.4 Å². The van der Waals surface area contributed by atoms with E-state index >= 15 is 0 Å². The maximum Gasteiger partial charge on any atom is 0.300 e. The number of carbonyl (C=O) groups excluding carboxylic acids is 2. The summed E-state index contributed by atoms with van der Waals surface area (Å²) in [5.41, 5.74) is 2.39. The molecule has 5 nitrogen and oxygen atoms in total. The van der Waals surface area contributed by atoms with Crippen LogP contribution in [-0.4, -0.2) is 23.4 Å². The molecule has 0 aromatic heterocycles. The van der Waals surface area contributed by atoms with Gasteiger partial charge in [-0.25, -0.2) is 0 Å². The number of hydrogen-bond acceptors (Lipinski definition) is 4. The number of benzene rings is 3. The smallest absolute Gasteiger partial charge is 0.300 e. The fourth-order valence-corrected chi connectivity index (χ4v) is 4.21. The fraction of sp³-hybridized carbons (Fsp3) is 0.154. The highest BCUT2D eigenvalue weighted by molar-refractivity contribution is 6.51. The lowest BCUT2D eigenvalue weighted by Crippen LogP contribution is -2.29. The minimum atomic E-state index is -0.881. The summed E-state index contributed by atoms with van der Waals surface area (Å²) in [6.45, 7) is 4.27. The zero-order valence-electron chi connectivity index (χ0n) is 18.0. The van der Waals surface area contributed by atoms with Crippen LogP contribution in [0.1, 0.15) is 29.7 Å². The monoisotopic (exact) mass is 481 g/mol. The predicted molar refractivity (Wildman–Crippen MR) is 130 cm³/mol. The zero-order valence-corrected chi connectivity index (χ0v) is 19.5. The number of hydrogen-bond donors (Lipinski definition) is 1. The average Bonchev–Trinajstić information content (AvgIpc) is 3.06. The number of anilines is 1. The molecule has 0 radical (unpaired) electrons. The van der Waals surface area contributed by atoms with Crippen molar-refractivity contribution in [2.24, 2.45) is 0 Å². The molecule has 1 aliphatic rings. The average molecular weight is 482 g/mol. The third-order valence-corrected chi connectivity index (χ3v) is 6.16. The van der Waals surface area contributed by atoms with Crippen molar-refractivity contribution in [3.8, 4) is 5.75 Å². The SMILES string of the molecule is CCOc1ccc(/C(O)=C2/C(=O)C(=O)N(c3cccc(C)c3)C2c2ccc(Cl)c(Cl)c2)cc1. The van der Waals surface area contributed by atoms with Crippen LogP contribution in [0.25, 0.3) is 5.76 Å². The summed E-state index contributed by atoms with van der Waals surface area (Å²) < 4.78 is 5.45. The maximum absolute atomic E-state index is 13.2. The number of ether oxygens (including phenoxy) is 1. The Morgan fingerprint density at radius 3 is 2.36 bits per heavy atom. The molecule has 3 aromatic rings.